The van der Waals surface area contributed by atoms with Crippen LogP contribution in [0.2, 0.25) is 0 Å². The van der Waals surface area contributed by atoms with Gasteiger partial charge in [-0.15, -0.1) is 0 Å². The van der Waals surface area contributed by atoms with Crippen molar-refractivity contribution in [2.75, 3.05) is 0 Å². The molecule has 0 unspecified atom stereocenters. The maximum atomic E-state index is 11.3. The Morgan fingerprint density at radius 1 is 0.913 bits per heavy atom. The molecule has 116 valence electrons. The van der Waals surface area contributed by atoms with E-state index in [0.29, 0.717) is 5.69 Å². The molecule has 1 heterocycles. The van der Waals surface area contributed by atoms with Gasteiger partial charge in [0.2, 0.25) is 0 Å². The molecule has 0 aliphatic carbocycles. The predicted octanol–water partition coefficient (Wildman–Crippen LogP) is 3.47. The number of amides is 1. The molecule has 2 aromatic carbocycles. The Balaban J connectivity index is 1.94. The molecule has 0 radical (unpaired) electrons. The van der Waals surface area contributed by atoms with Crippen LogP contribution in [-0.4, -0.2) is 15.7 Å². The van der Waals surface area contributed by atoms with Crippen LogP contribution in [0.1, 0.15) is 21.6 Å². The molecule has 3 aromatic rings. The van der Waals surface area contributed by atoms with E-state index in [4.69, 9.17) is 5.73 Å². The Labute approximate surface area is 135 Å². The fraction of sp³-hybridized carbons (Fsp3) is 0.158. The van der Waals surface area contributed by atoms with Gasteiger partial charge in [-0.1, -0.05) is 42.5 Å². The standard InChI is InChI=1S/C19H19N3O/c1-12-4-5-16(10-13(12)2)14-6-8-15(9-7-14)17-11-18(19(20)23)22(3)21-17/h4-11H,1-3H3,(H2,20,23). The van der Waals surface area contributed by atoms with Crippen LogP contribution < -0.4 is 5.73 Å². The van der Waals surface area contributed by atoms with Crippen molar-refractivity contribution in [1.29, 1.82) is 0 Å². The first-order valence-corrected chi connectivity index (χ1v) is 7.47. The van der Waals surface area contributed by atoms with E-state index in [1.807, 2.05) is 12.1 Å². The third kappa shape index (κ3) is 2.88. The molecule has 0 fully saturated rings. The zero-order chi connectivity index (χ0) is 16.6. The first-order valence-electron chi connectivity index (χ1n) is 7.47. The number of nitrogens with two attached hydrogens (primary N) is 1. The fourth-order valence-electron chi connectivity index (χ4n) is 2.59. The van der Waals surface area contributed by atoms with Gasteiger partial charge in [-0.2, -0.15) is 5.10 Å². The lowest BCUT2D eigenvalue weighted by Crippen LogP contribution is -2.15. The van der Waals surface area contributed by atoms with Crippen molar-refractivity contribution >= 4 is 5.91 Å². The number of benzene rings is 2. The maximum Gasteiger partial charge on any atom is 0.266 e. The lowest BCUT2D eigenvalue weighted by Gasteiger charge is -2.06. The summed E-state index contributed by atoms with van der Waals surface area (Å²) in [7, 11) is 1.72. The predicted molar refractivity (Wildman–Crippen MR) is 92.1 cm³/mol. The van der Waals surface area contributed by atoms with Crippen molar-refractivity contribution in [2.45, 2.75) is 13.8 Å². The lowest BCUT2D eigenvalue weighted by molar-refractivity contribution is 0.0991. The Morgan fingerprint density at radius 2 is 1.52 bits per heavy atom. The molecular weight excluding hydrogens is 286 g/mol. The van der Waals surface area contributed by atoms with Crippen molar-refractivity contribution in [2.24, 2.45) is 12.8 Å². The Kier molecular flexibility index (Phi) is 3.74. The van der Waals surface area contributed by atoms with Gasteiger partial charge in [0.15, 0.2) is 0 Å². The molecule has 3 rings (SSSR count). The molecule has 4 heteroatoms. The van der Waals surface area contributed by atoms with Gasteiger partial charge in [-0.25, -0.2) is 0 Å². The number of primary amides is 1. The van der Waals surface area contributed by atoms with Crippen LogP contribution >= 0.6 is 0 Å². The number of aromatic nitrogens is 2. The summed E-state index contributed by atoms with van der Waals surface area (Å²) in [6.07, 6.45) is 0. The van der Waals surface area contributed by atoms with E-state index in [9.17, 15) is 4.79 Å². The lowest BCUT2D eigenvalue weighted by atomic mass is 9.99. The SMILES string of the molecule is Cc1ccc(-c2ccc(-c3cc(C(N)=O)n(C)n3)cc2)cc1C. The van der Waals surface area contributed by atoms with E-state index >= 15 is 0 Å². The summed E-state index contributed by atoms with van der Waals surface area (Å²) < 4.78 is 1.51. The number of hydrogen-bond donors (Lipinski definition) is 1. The van der Waals surface area contributed by atoms with Crippen molar-refractivity contribution in [3.8, 4) is 22.4 Å². The Bertz CT molecular complexity index is 876. The Hall–Kier alpha value is -2.88. The molecule has 4 nitrogen and oxygen atoms in total. The van der Waals surface area contributed by atoms with Crippen LogP contribution in [-0.2, 0) is 7.05 Å². The second-order valence-electron chi connectivity index (χ2n) is 5.78. The van der Waals surface area contributed by atoms with Crippen LogP contribution in [0.25, 0.3) is 22.4 Å². The fourth-order valence-corrected chi connectivity index (χ4v) is 2.59. The van der Waals surface area contributed by atoms with Crippen LogP contribution in [0.3, 0.4) is 0 Å². The first-order chi connectivity index (χ1) is 11.0. The molecule has 0 aliphatic heterocycles. The zero-order valence-corrected chi connectivity index (χ0v) is 13.5. The molecule has 2 N–H and O–H groups in total. The van der Waals surface area contributed by atoms with E-state index in [0.717, 1.165) is 16.8 Å². The van der Waals surface area contributed by atoms with Crippen molar-refractivity contribution in [1.82, 2.24) is 9.78 Å². The molecule has 0 atom stereocenters. The highest BCUT2D eigenvalue weighted by Crippen LogP contribution is 2.26. The zero-order valence-electron chi connectivity index (χ0n) is 13.5. The van der Waals surface area contributed by atoms with Gasteiger partial charge in [-0.05, 0) is 42.2 Å². The normalized spacial score (nSPS) is 10.7. The van der Waals surface area contributed by atoms with Gasteiger partial charge < -0.3 is 5.73 Å². The minimum Gasteiger partial charge on any atom is -0.364 e. The van der Waals surface area contributed by atoms with Crippen molar-refractivity contribution in [3.63, 3.8) is 0 Å². The van der Waals surface area contributed by atoms with Gasteiger partial charge in [0, 0.05) is 12.6 Å². The molecular formula is C19H19N3O. The van der Waals surface area contributed by atoms with E-state index in [2.05, 4.69) is 49.3 Å². The number of carbonyl (C=O) groups is 1. The second kappa shape index (κ2) is 5.72. The van der Waals surface area contributed by atoms with Crippen LogP contribution in [0.15, 0.2) is 48.5 Å². The van der Waals surface area contributed by atoms with Crippen LogP contribution in [0.5, 0.6) is 0 Å². The molecule has 23 heavy (non-hydrogen) atoms. The van der Waals surface area contributed by atoms with E-state index in [-0.39, 0.29) is 0 Å². The summed E-state index contributed by atoms with van der Waals surface area (Å²) in [4.78, 5) is 11.3. The van der Waals surface area contributed by atoms with Crippen LogP contribution in [0.4, 0.5) is 0 Å². The maximum absolute atomic E-state index is 11.3. The Morgan fingerprint density at radius 3 is 2.09 bits per heavy atom. The second-order valence-corrected chi connectivity index (χ2v) is 5.78. The average Bonchev–Trinajstić information content (AvgIpc) is 2.92. The summed E-state index contributed by atoms with van der Waals surface area (Å²) in [5.74, 6) is -0.474. The molecule has 0 saturated carbocycles. The van der Waals surface area contributed by atoms with E-state index in [1.165, 1.54) is 21.4 Å². The molecule has 1 amide bonds. The highest BCUT2D eigenvalue weighted by atomic mass is 16.1. The van der Waals surface area contributed by atoms with Gasteiger partial charge >= 0.3 is 0 Å². The van der Waals surface area contributed by atoms with E-state index in [1.54, 1.807) is 13.1 Å². The third-order valence-electron chi connectivity index (χ3n) is 4.15. The largest absolute Gasteiger partial charge is 0.364 e. The monoisotopic (exact) mass is 305 g/mol. The highest BCUT2D eigenvalue weighted by molar-refractivity contribution is 5.92. The highest BCUT2D eigenvalue weighted by Gasteiger charge is 2.11. The number of rotatable bonds is 3. The van der Waals surface area contributed by atoms with Crippen molar-refractivity contribution in [3.05, 3.63) is 65.4 Å². The minimum absolute atomic E-state index is 0.401. The minimum atomic E-state index is -0.474. The number of nitrogens with zero attached hydrogens (tertiary/aromatic N) is 2. The van der Waals surface area contributed by atoms with Gasteiger partial charge in [0.05, 0.1) is 5.69 Å². The van der Waals surface area contributed by atoms with Crippen LogP contribution in [0, 0.1) is 13.8 Å². The smallest absolute Gasteiger partial charge is 0.266 e. The molecule has 0 bridgehead atoms. The van der Waals surface area contributed by atoms with Gasteiger partial charge in [-0.3, -0.25) is 9.48 Å². The van der Waals surface area contributed by atoms with Crippen molar-refractivity contribution < 1.29 is 4.79 Å². The summed E-state index contributed by atoms with van der Waals surface area (Å²) >= 11 is 0. The van der Waals surface area contributed by atoms with Gasteiger partial charge in [0.25, 0.3) is 5.91 Å². The van der Waals surface area contributed by atoms with E-state index < -0.39 is 5.91 Å². The average molecular weight is 305 g/mol. The molecule has 0 saturated heterocycles. The first kappa shape index (κ1) is 15.0. The molecule has 1 aromatic heterocycles. The number of carbonyl (C=O) groups excluding carboxylic acids is 1. The topological polar surface area (TPSA) is 60.9 Å². The summed E-state index contributed by atoms with van der Waals surface area (Å²) in [5.41, 5.74) is 12.4. The molecule has 0 spiro atoms. The number of hydrogen-bond acceptors (Lipinski definition) is 2. The summed E-state index contributed by atoms with van der Waals surface area (Å²) in [6, 6.07) is 16.3. The van der Waals surface area contributed by atoms with Gasteiger partial charge in [0.1, 0.15) is 5.69 Å². The summed E-state index contributed by atoms with van der Waals surface area (Å²) in [5, 5.41) is 4.35. The third-order valence-corrected chi connectivity index (χ3v) is 4.15. The number of aryl methyl sites for hydroxylation is 3. The summed E-state index contributed by atoms with van der Waals surface area (Å²) in [6.45, 7) is 4.23. The quantitative estimate of drug-likeness (QED) is 0.805. The molecule has 0 aliphatic rings.